The molecule has 0 unspecified atom stereocenters. The average molecular weight is 342 g/mol. The fraction of sp³-hybridized carbons (Fsp3) is 0.471. The Balaban J connectivity index is 0.00000121. The van der Waals surface area contributed by atoms with Gasteiger partial charge in [-0.05, 0) is 57.6 Å². The number of aryl methyl sites for hydroxylation is 1. The predicted octanol–water partition coefficient (Wildman–Crippen LogP) is 3.57. The Morgan fingerprint density at radius 2 is 1.86 bits per heavy atom. The quantitative estimate of drug-likeness (QED) is 0.924. The van der Waals surface area contributed by atoms with Gasteiger partial charge < -0.3 is 5.32 Å². The van der Waals surface area contributed by atoms with Crippen LogP contribution in [0.3, 0.4) is 0 Å². The first-order valence-corrected chi connectivity index (χ1v) is 7.50. The van der Waals surface area contributed by atoms with E-state index < -0.39 is 0 Å². The van der Waals surface area contributed by atoms with Gasteiger partial charge in [-0.1, -0.05) is 18.2 Å². The second-order valence-corrected chi connectivity index (χ2v) is 5.84. The molecule has 0 amide bonds. The highest BCUT2D eigenvalue weighted by molar-refractivity contribution is 5.85. The van der Waals surface area contributed by atoms with Crippen LogP contribution in [0, 0.1) is 6.92 Å². The van der Waals surface area contributed by atoms with E-state index in [1.807, 2.05) is 0 Å². The molecule has 0 bridgehead atoms. The fourth-order valence-electron chi connectivity index (χ4n) is 3.17. The molecule has 22 heavy (non-hydrogen) atoms. The van der Waals surface area contributed by atoms with Gasteiger partial charge in [0, 0.05) is 23.7 Å². The number of hydrogen-bond acceptors (Lipinski definition) is 3. The zero-order valence-corrected chi connectivity index (χ0v) is 14.8. The Kier molecular flexibility index (Phi) is 7.57. The Morgan fingerprint density at radius 3 is 2.59 bits per heavy atom. The monoisotopic (exact) mass is 341 g/mol. The summed E-state index contributed by atoms with van der Waals surface area (Å²) in [6, 6.07) is 11.4. The van der Waals surface area contributed by atoms with Crippen LogP contribution in [0.5, 0.6) is 0 Å². The molecular weight excluding hydrogens is 317 g/mol. The molecule has 2 aromatic rings. The molecule has 0 radical (unpaired) electrons. The standard InChI is InChI=1S/C17H23N3.2ClH/c1-13-11-14(16-5-3-4-6-17(16)19-13)12-20(2)15-7-9-18-10-8-15;;/h3-6,11,15,18H,7-10,12H2,1-2H3;2*1H. The molecule has 122 valence electrons. The molecule has 1 saturated heterocycles. The molecule has 1 N–H and O–H groups in total. The van der Waals surface area contributed by atoms with Gasteiger partial charge >= 0.3 is 0 Å². The van der Waals surface area contributed by atoms with Crippen molar-refractivity contribution in [3.63, 3.8) is 0 Å². The van der Waals surface area contributed by atoms with Crippen LogP contribution in [0.1, 0.15) is 24.1 Å². The van der Waals surface area contributed by atoms with Crippen molar-refractivity contribution in [2.45, 2.75) is 32.4 Å². The minimum Gasteiger partial charge on any atom is -0.317 e. The Hall–Kier alpha value is -0.870. The first kappa shape index (κ1) is 19.2. The zero-order valence-electron chi connectivity index (χ0n) is 13.2. The van der Waals surface area contributed by atoms with Crippen molar-refractivity contribution in [1.82, 2.24) is 15.2 Å². The number of piperidine rings is 1. The Labute approximate surface area is 145 Å². The number of halogens is 2. The molecule has 1 fully saturated rings. The molecule has 1 aliphatic rings. The Bertz CT molecular complexity index is 597. The lowest BCUT2D eigenvalue weighted by atomic mass is 10.0. The summed E-state index contributed by atoms with van der Waals surface area (Å²) >= 11 is 0. The van der Waals surface area contributed by atoms with Crippen LogP contribution in [0.2, 0.25) is 0 Å². The fourth-order valence-corrected chi connectivity index (χ4v) is 3.17. The van der Waals surface area contributed by atoms with Crippen LogP contribution in [0.4, 0.5) is 0 Å². The maximum absolute atomic E-state index is 4.63. The van der Waals surface area contributed by atoms with Crippen LogP contribution in [0.15, 0.2) is 30.3 Å². The summed E-state index contributed by atoms with van der Waals surface area (Å²) in [5.41, 5.74) is 3.62. The molecule has 0 atom stereocenters. The van der Waals surface area contributed by atoms with Gasteiger partial charge in [-0.3, -0.25) is 9.88 Å². The van der Waals surface area contributed by atoms with E-state index in [0.717, 1.165) is 30.8 Å². The molecule has 0 saturated carbocycles. The largest absolute Gasteiger partial charge is 0.317 e. The van der Waals surface area contributed by atoms with Crippen molar-refractivity contribution in [3.8, 4) is 0 Å². The predicted molar refractivity (Wildman–Crippen MR) is 98.3 cm³/mol. The van der Waals surface area contributed by atoms with Gasteiger partial charge in [0.2, 0.25) is 0 Å². The van der Waals surface area contributed by atoms with Crippen LogP contribution < -0.4 is 5.32 Å². The van der Waals surface area contributed by atoms with Crippen molar-refractivity contribution in [2.75, 3.05) is 20.1 Å². The number of rotatable bonds is 3. The van der Waals surface area contributed by atoms with E-state index in [-0.39, 0.29) is 24.8 Å². The summed E-state index contributed by atoms with van der Waals surface area (Å²) in [6.07, 6.45) is 2.50. The number of benzene rings is 1. The number of para-hydroxylation sites is 1. The highest BCUT2D eigenvalue weighted by Crippen LogP contribution is 2.21. The van der Waals surface area contributed by atoms with E-state index in [1.165, 1.54) is 23.8 Å². The van der Waals surface area contributed by atoms with Gasteiger partial charge in [-0.25, -0.2) is 0 Å². The molecule has 1 aromatic carbocycles. The van der Waals surface area contributed by atoms with Crippen LogP contribution in [0.25, 0.3) is 10.9 Å². The molecular formula is C17H25Cl2N3. The average Bonchev–Trinajstić information content (AvgIpc) is 2.48. The van der Waals surface area contributed by atoms with Gasteiger partial charge in [0.25, 0.3) is 0 Å². The van der Waals surface area contributed by atoms with Gasteiger partial charge in [0.1, 0.15) is 0 Å². The van der Waals surface area contributed by atoms with Crippen LogP contribution in [-0.4, -0.2) is 36.1 Å². The second kappa shape index (κ2) is 8.68. The summed E-state index contributed by atoms with van der Waals surface area (Å²) in [5, 5.41) is 4.73. The zero-order chi connectivity index (χ0) is 13.9. The maximum atomic E-state index is 4.63. The van der Waals surface area contributed by atoms with E-state index in [4.69, 9.17) is 0 Å². The third-order valence-corrected chi connectivity index (χ3v) is 4.28. The second-order valence-electron chi connectivity index (χ2n) is 5.84. The van der Waals surface area contributed by atoms with E-state index >= 15 is 0 Å². The lowest BCUT2D eigenvalue weighted by molar-refractivity contribution is 0.192. The Morgan fingerprint density at radius 1 is 1.18 bits per heavy atom. The number of hydrogen-bond donors (Lipinski definition) is 1. The molecule has 0 aliphatic carbocycles. The molecule has 1 aromatic heterocycles. The van der Waals surface area contributed by atoms with Crippen LogP contribution >= 0.6 is 24.8 Å². The summed E-state index contributed by atoms with van der Waals surface area (Å²) in [5.74, 6) is 0. The minimum absolute atomic E-state index is 0. The third kappa shape index (κ3) is 4.32. The van der Waals surface area contributed by atoms with Gasteiger partial charge in [-0.2, -0.15) is 0 Å². The third-order valence-electron chi connectivity index (χ3n) is 4.28. The van der Waals surface area contributed by atoms with Crippen LogP contribution in [-0.2, 0) is 6.54 Å². The SMILES string of the molecule is Cc1cc(CN(C)C2CCNCC2)c2ccccc2n1.Cl.Cl. The summed E-state index contributed by atoms with van der Waals surface area (Å²) < 4.78 is 0. The number of nitrogens with zero attached hydrogens (tertiary/aromatic N) is 2. The van der Waals surface area contributed by atoms with Gasteiger partial charge in [0.05, 0.1) is 5.52 Å². The van der Waals surface area contributed by atoms with E-state index in [2.05, 4.69) is 59.5 Å². The van der Waals surface area contributed by atoms with Crippen molar-refractivity contribution in [1.29, 1.82) is 0 Å². The highest BCUT2D eigenvalue weighted by atomic mass is 35.5. The summed E-state index contributed by atoms with van der Waals surface area (Å²) in [6.45, 7) is 5.38. The smallest absolute Gasteiger partial charge is 0.0708 e. The normalized spacial score (nSPS) is 15.4. The topological polar surface area (TPSA) is 28.2 Å². The first-order chi connectivity index (χ1) is 9.74. The number of nitrogens with one attached hydrogen (secondary N) is 1. The van der Waals surface area contributed by atoms with Crippen molar-refractivity contribution in [3.05, 3.63) is 41.6 Å². The van der Waals surface area contributed by atoms with Crippen molar-refractivity contribution >= 4 is 35.7 Å². The number of pyridine rings is 1. The molecule has 5 heteroatoms. The maximum Gasteiger partial charge on any atom is 0.0708 e. The highest BCUT2D eigenvalue weighted by Gasteiger charge is 2.18. The number of aromatic nitrogens is 1. The van der Waals surface area contributed by atoms with Gasteiger partial charge in [0.15, 0.2) is 0 Å². The molecule has 3 nitrogen and oxygen atoms in total. The minimum atomic E-state index is 0. The summed E-state index contributed by atoms with van der Waals surface area (Å²) in [4.78, 5) is 7.13. The lowest BCUT2D eigenvalue weighted by Gasteiger charge is -2.32. The lowest BCUT2D eigenvalue weighted by Crippen LogP contribution is -2.40. The van der Waals surface area contributed by atoms with E-state index in [9.17, 15) is 0 Å². The molecule has 0 spiro atoms. The van der Waals surface area contributed by atoms with Gasteiger partial charge in [-0.15, -0.1) is 24.8 Å². The van der Waals surface area contributed by atoms with E-state index in [0.29, 0.717) is 6.04 Å². The van der Waals surface area contributed by atoms with Crippen molar-refractivity contribution in [2.24, 2.45) is 0 Å². The molecule has 1 aliphatic heterocycles. The first-order valence-electron chi connectivity index (χ1n) is 7.50. The molecule has 2 heterocycles. The van der Waals surface area contributed by atoms with Crippen molar-refractivity contribution < 1.29 is 0 Å². The van der Waals surface area contributed by atoms with E-state index in [1.54, 1.807) is 0 Å². The molecule has 3 rings (SSSR count). The summed E-state index contributed by atoms with van der Waals surface area (Å²) in [7, 11) is 2.25. The number of fused-ring (bicyclic) bond motifs is 1.